The second-order valence-corrected chi connectivity index (χ2v) is 8.03. The number of carbonyl (C=O) groups excluding carboxylic acids is 1. The first-order chi connectivity index (χ1) is 17.1. The lowest BCUT2D eigenvalue weighted by molar-refractivity contribution is 0.0773. The third-order valence-electron chi connectivity index (χ3n) is 5.62. The molecule has 0 saturated carbocycles. The van der Waals surface area contributed by atoms with Crippen LogP contribution in [0.4, 0.5) is 0 Å². The summed E-state index contributed by atoms with van der Waals surface area (Å²) in [7, 11) is 4.98. The minimum Gasteiger partial charge on any atom is -0.497 e. The summed E-state index contributed by atoms with van der Waals surface area (Å²) in [5, 5.41) is 4.77. The molecule has 0 bridgehead atoms. The van der Waals surface area contributed by atoms with E-state index in [4.69, 9.17) is 19.3 Å². The smallest absolute Gasteiger partial charge is 0.257 e. The SMILES string of the molecule is COc1cccc(-c2nn(Cc3ccccc3)cc2C(=O)N(C)CCOc2ccccc2OC)c1. The van der Waals surface area contributed by atoms with Gasteiger partial charge in [-0.15, -0.1) is 0 Å². The number of rotatable bonds is 10. The minimum absolute atomic E-state index is 0.134. The van der Waals surface area contributed by atoms with Gasteiger partial charge < -0.3 is 19.1 Å². The molecule has 1 amide bonds. The van der Waals surface area contributed by atoms with Crippen LogP contribution in [-0.4, -0.2) is 55.0 Å². The monoisotopic (exact) mass is 471 g/mol. The molecule has 0 atom stereocenters. The zero-order valence-electron chi connectivity index (χ0n) is 20.2. The van der Waals surface area contributed by atoms with Crippen LogP contribution < -0.4 is 14.2 Å². The fraction of sp³-hybridized carbons (Fsp3) is 0.214. The van der Waals surface area contributed by atoms with Crippen LogP contribution in [0.15, 0.2) is 85.1 Å². The van der Waals surface area contributed by atoms with Crippen molar-refractivity contribution in [2.45, 2.75) is 6.54 Å². The third-order valence-corrected chi connectivity index (χ3v) is 5.62. The number of amides is 1. The number of likely N-dealkylation sites (N-methyl/N-ethyl adjacent to an activating group) is 1. The van der Waals surface area contributed by atoms with Crippen molar-refractivity contribution in [2.24, 2.45) is 0 Å². The van der Waals surface area contributed by atoms with Gasteiger partial charge in [-0.3, -0.25) is 9.48 Å². The highest BCUT2D eigenvalue weighted by Gasteiger charge is 2.22. The Morgan fingerprint density at radius 3 is 2.40 bits per heavy atom. The lowest BCUT2D eigenvalue weighted by Gasteiger charge is -2.18. The van der Waals surface area contributed by atoms with E-state index in [2.05, 4.69) is 0 Å². The summed E-state index contributed by atoms with van der Waals surface area (Å²) in [5.41, 5.74) is 3.05. The van der Waals surface area contributed by atoms with Gasteiger partial charge in [-0.2, -0.15) is 5.10 Å². The van der Waals surface area contributed by atoms with Crippen molar-refractivity contribution in [1.29, 1.82) is 0 Å². The lowest BCUT2D eigenvalue weighted by Crippen LogP contribution is -2.31. The van der Waals surface area contributed by atoms with Crippen LogP contribution in [0.5, 0.6) is 17.2 Å². The Bertz CT molecular complexity index is 1270. The first-order valence-electron chi connectivity index (χ1n) is 11.4. The lowest BCUT2D eigenvalue weighted by atomic mass is 10.1. The molecule has 1 aromatic heterocycles. The van der Waals surface area contributed by atoms with E-state index < -0.39 is 0 Å². The molecule has 4 aromatic rings. The van der Waals surface area contributed by atoms with Crippen LogP contribution in [-0.2, 0) is 6.54 Å². The van der Waals surface area contributed by atoms with E-state index >= 15 is 0 Å². The summed E-state index contributed by atoms with van der Waals surface area (Å²) in [6.45, 7) is 1.29. The molecule has 0 N–H and O–H groups in total. The van der Waals surface area contributed by atoms with Crippen molar-refractivity contribution in [3.63, 3.8) is 0 Å². The Labute approximate surface area is 205 Å². The molecule has 0 aliphatic heterocycles. The van der Waals surface area contributed by atoms with Crippen LogP contribution in [0.25, 0.3) is 11.3 Å². The summed E-state index contributed by atoms with van der Waals surface area (Å²) in [6, 6.07) is 25.1. The molecule has 0 saturated heterocycles. The van der Waals surface area contributed by atoms with Gasteiger partial charge in [0.05, 0.1) is 32.9 Å². The molecular weight excluding hydrogens is 442 g/mol. The van der Waals surface area contributed by atoms with Gasteiger partial charge in [0, 0.05) is 18.8 Å². The summed E-state index contributed by atoms with van der Waals surface area (Å²) in [6.07, 6.45) is 1.81. The zero-order valence-corrected chi connectivity index (χ0v) is 20.2. The van der Waals surface area contributed by atoms with Gasteiger partial charge in [-0.1, -0.05) is 54.6 Å². The first-order valence-corrected chi connectivity index (χ1v) is 11.4. The van der Waals surface area contributed by atoms with Crippen molar-refractivity contribution in [3.8, 4) is 28.5 Å². The Kier molecular flexibility index (Phi) is 7.67. The van der Waals surface area contributed by atoms with Gasteiger partial charge in [-0.25, -0.2) is 0 Å². The largest absolute Gasteiger partial charge is 0.497 e. The van der Waals surface area contributed by atoms with Gasteiger partial charge in [0.2, 0.25) is 0 Å². The number of nitrogens with zero attached hydrogens (tertiary/aromatic N) is 3. The number of para-hydroxylation sites is 2. The maximum atomic E-state index is 13.5. The molecule has 7 nitrogen and oxygen atoms in total. The molecule has 7 heteroatoms. The third kappa shape index (κ3) is 5.81. The Balaban J connectivity index is 1.55. The number of carbonyl (C=O) groups is 1. The van der Waals surface area contributed by atoms with E-state index in [1.54, 1.807) is 30.8 Å². The van der Waals surface area contributed by atoms with Crippen LogP contribution in [0, 0.1) is 0 Å². The molecule has 0 fully saturated rings. The topological polar surface area (TPSA) is 65.8 Å². The number of methoxy groups -OCH3 is 2. The van der Waals surface area contributed by atoms with Crippen LogP contribution in [0.3, 0.4) is 0 Å². The molecule has 0 aliphatic rings. The van der Waals surface area contributed by atoms with Gasteiger partial charge in [-0.05, 0) is 29.8 Å². The molecule has 1 heterocycles. The minimum atomic E-state index is -0.134. The molecule has 180 valence electrons. The van der Waals surface area contributed by atoms with E-state index in [1.807, 2.05) is 85.1 Å². The molecule has 0 radical (unpaired) electrons. The molecule has 0 unspecified atom stereocenters. The number of hydrogen-bond donors (Lipinski definition) is 0. The summed E-state index contributed by atoms with van der Waals surface area (Å²) in [5.74, 6) is 1.87. The van der Waals surface area contributed by atoms with Crippen LogP contribution >= 0.6 is 0 Å². The van der Waals surface area contributed by atoms with Crippen molar-refractivity contribution in [1.82, 2.24) is 14.7 Å². The standard InChI is InChI=1S/C28H29N3O4/c1-30(16-17-35-26-15-8-7-14-25(26)34-3)28(32)24-20-31(19-21-10-5-4-6-11-21)29-27(24)22-12-9-13-23(18-22)33-2/h4-15,18,20H,16-17,19H2,1-3H3. The van der Waals surface area contributed by atoms with E-state index in [9.17, 15) is 4.79 Å². The predicted octanol–water partition coefficient (Wildman–Crippen LogP) is 4.77. The maximum absolute atomic E-state index is 13.5. The summed E-state index contributed by atoms with van der Waals surface area (Å²) < 4.78 is 18.4. The Morgan fingerprint density at radius 2 is 1.66 bits per heavy atom. The summed E-state index contributed by atoms with van der Waals surface area (Å²) in [4.78, 5) is 15.1. The van der Waals surface area contributed by atoms with Crippen molar-refractivity contribution < 1.29 is 19.0 Å². The van der Waals surface area contributed by atoms with Crippen LogP contribution in [0.1, 0.15) is 15.9 Å². The zero-order chi connectivity index (χ0) is 24.6. The fourth-order valence-electron chi connectivity index (χ4n) is 3.75. The average molecular weight is 472 g/mol. The molecule has 4 rings (SSSR count). The van der Waals surface area contributed by atoms with E-state index in [1.165, 1.54) is 0 Å². The normalized spacial score (nSPS) is 10.6. The number of hydrogen-bond acceptors (Lipinski definition) is 5. The number of aromatic nitrogens is 2. The predicted molar refractivity (Wildman–Crippen MR) is 135 cm³/mol. The molecular formula is C28H29N3O4. The van der Waals surface area contributed by atoms with Crippen molar-refractivity contribution in [3.05, 3.63) is 96.2 Å². The second kappa shape index (κ2) is 11.2. The maximum Gasteiger partial charge on any atom is 0.257 e. The number of ether oxygens (including phenoxy) is 3. The number of benzene rings is 3. The van der Waals surface area contributed by atoms with Crippen LogP contribution in [0.2, 0.25) is 0 Å². The van der Waals surface area contributed by atoms with E-state index in [0.29, 0.717) is 48.2 Å². The van der Waals surface area contributed by atoms with Gasteiger partial charge in [0.1, 0.15) is 18.1 Å². The van der Waals surface area contributed by atoms with E-state index in [-0.39, 0.29) is 5.91 Å². The van der Waals surface area contributed by atoms with E-state index in [0.717, 1.165) is 11.1 Å². The van der Waals surface area contributed by atoms with Crippen molar-refractivity contribution >= 4 is 5.91 Å². The summed E-state index contributed by atoms with van der Waals surface area (Å²) >= 11 is 0. The fourth-order valence-corrected chi connectivity index (χ4v) is 3.75. The van der Waals surface area contributed by atoms with Gasteiger partial charge >= 0.3 is 0 Å². The highest BCUT2D eigenvalue weighted by Crippen LogP contribution is 2.28. The van der Waals surface area contributed by atoms with Gasteiger partial charge in [0.25, 0.3) is 5.91 Å². The molecule has 35 heavy (non-hydrogen) atoms. The molecule has 0 aliphatic carbocycles. The highest BCUT2D eigenvalue weighted by atomic mass is 16.5. The molecule has 0 spiro atoms. The average Bonchev–Trinajstić information content (AvgIpc) is 3.32. The Morgan fingerprint density at radius 1 is 0.914 bits per heavy atom. The first kappa shape index (κ1) is 23.9. The van der Waals surface area contributed by atoms with Crippen molar-refractivity contribution in [2.75, 3.05) is 34.4 Å². The highest BCUT2D eigenvalue weighted by molar-refractivity contribution is 5.99. The molecule has 3 aromatic carbocycles. The quantitative estimate of drug-likeness (QED) is 0.333. The Hall–Kier alpha value is -4.26. The van der Waals surface area contributed by atoms with Gasteiger partial charge in [0.15, 0.2) is 11.5 Å². The second-order valence-electron chi connectivity index (χ2n) is 8.03.